The van der Waals surface area contributed by atoms with E-state index < -0.39 is 0 Å². The van der Waals surface area contributed by atoms with Crippen LogP contribution in [0.2, 0.25) is 0 Å². The summed E-state index contributed by atoms with van der Waals surface area (Å²) >= 11 is 0. The summed E-state index contributed by atoms with van der Waals surface area (Å²) in [4.78, 5) is 0. The summed E-state index contributed by atoms with van der Waals surface area (Å²) in [5.41, 5.74) is 2.10. The van der Waals surface area contributed by atoms with Gasteiger partial charge in [-0.3, -0.25) is 0 Å². The molecule has 1 aromatic heterocycles. The summed E-state index contributed by atoms with van der Waals surface area (Å²) < 4.78 is 1.81. The van der Waals surface area contributed by atoms with E-state index in [0.717, 1.165) is 11.3 Å². The van der Waals surface area contributed by atoms with E-state index in [1.165, 1.54) is 0 Å². The van der Waals surface area contributed by atoms with Crippen LogP contribution in [-0.4, -0.2) is 21.5 Å². The number of nitrogens with zero attached hydrogens (tertiary/aromatic N) is 2. The smallest absolute Gasteiger partial charge is 0.0645 e. The van der Waals surface area contributed by atoms with E-state index >= 15 is 0 Å². The van der Waals surface area contributed by atoms with Crippen LogP contribution in [-0.2, 0) is 0 Å². The quantitative estimate of drug-likeness (QED) is 0.821. The fourth-order valence-electron chi connectivity index (χ4n) is 1.35. The van der Waals surface area contributed by atoms with Crippen LogP contribution < -0.4 is 0 Å². The highest BCUT2D eigenvalue weighted by molar-refractivity contribution is 5.51. The molecule has 1 heterocycles. The first-order chi connectivity index (χ1) is 7.40. The van der Waals surface area contributed by atoms with Crippen molar-refractivity contribution in [3.63, 3.8) is 0 Å². The van der Waals surface area contributed by atoms with E-state index in [1.807, 2.05) is 42.6 Å². The molecule has 0 bridgehead atoms. The predicted molar refractivity (Wildman–Crippen MR) is 59.7 cm³/mol. The lowest BCUT2D eigenvalue weighted by Gasteiger charge is -2.01. The standard InChI is InChI=1S/C12H12N2O/c15-10-1-3-11-4-6-12(7-5-11)14-9-2-8-13-14/h1-9,15H,10H2. The summed E-state index contributed by atoms with van der Waals surface area (Å²) in [5.74, 6) is 0. The largest absolute Gasteiger partial charge is 0.392 e. The van der Waals surface area contributed by atoms with E-state index in [2.05, 4.69) is 5.10 Å². The van der Waals surface area contributed by atoms with Crippen molar-refractivity contribution < 1.29 is 5.11 Å². The van der Waals surface area contributed by atoms with Crippen molar-refractivity contribution in [2.24, 2.45) is 0 Å². The lowest BCUT2D eigenvalue weighted by atomic mass is 10.2. The minimum Gasteiger partial charge on any atom is -0.392 e. The zero-order valence-corrected chi connectivity index (χ0v) is 8.24. The third kappa shape index (κ3) is 2.33. The molecule has 0 saturated heterocycles. The monoisotopic (exact) mass is 200 g/mol. The number of aliphatic hydroxyl groups excluding tert-OH is 1. The average molecular weight is 200 g/mol. The Morgan fingerprint density at radius 1 is 1.27 bits per heavy atom. The molecule has 0 saturated carbocycles. The molecule has 0 aliphatic heterocycles. The van der Waals surface area contributed by atoms with Gasteiger partial charge in [0, 0.05) is 12.4 Å². The van der Waals surface area contributed by atoms with Crippen LogP contribution in [0.15, 0.2) is 48.8 Å². The van der Waals surface area contributed by atoms with E-state index in [9.17, 15) is 0 Å². The van der Waals surface area contributed by atoms with Crippen molar-refractivity contribution in [1.29, 1.82) is 0 Å². The molecule has 0 spiro atoms. The molecule has 0 aliphatic rings. The van der Waals surface area contributed by atoms with E-state index in [4.69, 9.17) is 5.11 Å². The van der Waals surface area contributed by atoms with Gasteiger partial charge in [0.25, 0.3) is 0 Å². The van der Waals surface area contributed by atoms with Gasteiger partial charge in [-0.25, -0.2) is 4.68 Å². The number of hydrogen-bond donors (Lipinski definition) is 1. The van der Waals surface area contributed by atoms with Gasteiger partial charge in [0.2, 0.25) is 0 Å². The van der Waals surface area contributed by atoms with Gasteiger partial charge < -0.3 is 5.11 Å². The maximum Gasteiger partial charge on any atom is 0.0645 e. The maximum absolute atomic E-state index is 8.63. The molecule has 1 N–H and O–H groups in total. The maximum atomic E-state index is 8.63. The fourth-order valence-corrected chi connectivity index (χ4v) is 1.35. The van der Waals surface area contributed by atoms with Crippen LogP contribution in [0.3, 0.4) is 0 Å². The number of benzene rings is 1. The highest BCUT2D eigenvalue weighted by Gasteiger charge is 1.94. The average Bonchev–Trinajstić information content (AvgIpc) is 2.80. The van der Waals surface area contributed by atoms with Crippen molar-refractivity contribution in [2.45, 2.75) is 0 Å². The molecule has 2 aromatic rings. The number of rotatable bonds is 3. The van der Waals surface area contributed by atoms with Crippen molar-refractivity contribution in [1.82, 2.24) is 9.78 Å². The Balaban J connectivity index is 2.21. The fraction of sp³-hybridized carbons (Fsp3) is 0.0833. The molecule has 0 atom stereocenters. The highest BCUT2D eigenvalue weighted by atomic mass is 16.2. The summed E-state index contributed by atoms with van der Waals surface area (Å²) in [6.07, 6.45) is 7.24. The lowest BCUT2D eigenvalue weighted by Crippen LogP contribution is -1.93. The zero-order chi connectivity index (χ0) is 10.5. The summed E-state index contributed by atoms with van der Waals surface area (Å²) in [6, 6.07) is 9.85. The Morgan fingerprint density at radius 3 is 2.67 bits per heavy atom. The topological polar surface area (TPSA) is 38.0 Å². The Bertz CT molecular complexity index is 429. The molecule has 0 amide bonds. The molecule has 0 aliphatic carbocycles. The van der Waals surface area contributed by atoms with Gasteiger partial charge in [-0.15, -0.1) is 0 Å². The Labute approximate surface area is 88.3 Å². The van der Waals surface area contributed by atoms with Crippen LogP contribution in [0.4, 0.5) is 0 Å². The lowest BCUT2D eigenvalue weighted by molar-refractivity contribution is 0.343. The van der Waals surface area contributed by atoms with Crippen molar-refractivity contribution in [3.8, 4) is 5.69 Å². The molecule has 0 unspecified atom stereocenters. The number of aliphatic hydroxyl groups is 1. The first-order valence-corrected chi connectivity index (χ1v) is 4.77. The van der Waals surface area contributed by atoms with Gasteiger partial charge in [-0.05, 0) is 23.8 Å². The van der Waals surface area contributed by atoms with E-state index in [1.54, 1.807) is 17.0 Å². The van der Waals surface area contributed by atoms with Crippen molar-refractivity contribution in [3.05, 3.63) is 54.4 Å². The van der Waals surface area contributed by atoms with Crippen molar-refractivity contribution in [2.75, 3.05) is 6.61 Å². The molecule has 2 rings (SSSR count). The molecule has 15 heavy (non-hydrogen) atoms. The minimum absolute atomic E-state index is 0.0703. The van der Waals surface area contributed by atoms with E-state index in [-0.39, 0.29) is 6.61 Å². The van der Waals surface area contributed by atoms with Gasteiger partial charge in [-0.2, -0.15) is 5.10 Å². The molecule has 1 aromatic carbocycles. The number of hydrogen-bond acceptors (Lipinski definition) is 2. The Morgan fingerprint density at radius 2 is 2.07 bits per heavy atom. The van der Waals surface area contributed by atoms with E-state index in [0.29, 0.717) is 0 Å². The molecular weight excluding hydrogens is 188 g/mol. The van der Waals surface area contributed by atoms with Gasteiger partial charge in [0.05, 0.1) is 12.3 Å². The third-order valence-corrected chi connectivity index (χ3v) is 2.08. The molecular formula is C12H12N2O. The number of aromatic nitrogens is 2. The zero-order valence-electron chi connectivity index (χ0n) is 8.24. The first-order valence-electron chi connectivity index (χ1n) is 4.77. The molecule has 3 nitrogen and oxygen atoms in total. The second-order valence-corrected chi connectivity index (χ2v) is 3.13. The summed E-state index contributed by atoms with van der Waals surface area (Å²) in [5, 5.41) is 12.8. The predicted octanol–water partition coefficient (Wildman–Crippen LogP) is 1.88. The van der Waals surface area contributed by atoms with Crippen LogP contribution in [0.1, 0.15) is 5.56 Å². The third-order valence-electron chi connectivity index (χ3n) is 2.08. The second-order valence-electron chi connectivity index (χ2n) is 3.13. The van der Waals surface area contributed by atoms with Gasteiger partial charge in [-0.1, -0.05) is 24.3 Å². The Kier molecular flexibility index (Phi) is 2.95. The minimum atomic E-state index is 0.0703. The Hall–Kier alpha value is -1.87. The summed E-state index contributed by atoms with van der Waals surface area (Å²) in [7, 11) is 0. The van der Waals surface area contributed by atoms with Crippen LogP contribution in [0.25, 0.3) is 11.8 Å². The van der Waals surface area contributed by atoms with Gasteiger partial charge >= 0.3 is 0 Å². The molecule has 76 valence electrons. The highest BCUT2D eigenvalue weighted by Crippen LogP contribution is 2.09. The van der Waals surface area contributed by atoms with Gasteiger partial charge in [0.15, 0.2) is 0 Å². The van der Waals surface area contributed by atoms with Crippen LogP contribution in [0, 0.1) is 0 Å². The normalized spacial score (nSPS) is 11.0. The summed E-state index contributed by atoms with van der Waals surface area (Å²) in [6.45, 7) is 0.0703. The molecule has 3 heteroatoms. The van der Waals surface area contributed by atoms with Crippen molar-refractivity contribution >= 4 is 6.08 Å². The SMILES string of the molecule is OCC=Cc1ccc(-n2cccn2)cc1. The molecule has 0 fully saturated rings. The van der Waals surface area contributed by atoms with Crippen LogP contribution >= 0.6 is 0 Å². The first kappa shape index (κ1) is 9.68. The second kappa shape index (κ2) is 4.57. The van der Waals surface area contributed by atoms with Crippen LogP contribution in [0.5, 0.6) is 0 Å². The van der Waals surface area contributed by atoms with Gasteiger partial charge in [0.1, 0.15) is 0 Å². The molecule has 0 radical (unpaired) electrons.